The molecule has 120 valence electrons. The molecule has 1 fully saturated rings. The van der Waals surface area contributed by atoms with Gasteiger partial charge in [-0.1, -0.05) is 29.8 Å². The number of hydrogen-bond acceptors (Lipinski definition) is 4. The van der Waals surface area contributed by atoms with Crippen LogP contribution in [0.3, 0.4) is 0 Å². The minimum Gasteiger partial charge on any atom is -0.493 e. The lowest BCUT2D eigenvalue weighted by molar-refractivity contribution is 0.292. The van der Waals surface area contributed by atoms with Gasteiger partial charge in [0, 0.05) is 12.5 Å². The zero-order valence-electron chi connectivity index (χ0n) is 13.7. The SMILES string of the molecule is COc1ccc(-c2cc(C)cc([C@@H]3COB(O)C3)c2)cc1OC. The highest BCUT2D eigenvalue weighted by atomic mass is 16.5. The Kier molecular flexibility index (Phi) is 4.60. The maximum absolute atomic E-state index is 9.59. The van der Waals surface area contributed by atoms with E-state index in [1.165, 1.54) is 11.1 Å². The first-order chi connectivity index (χ1) is 11.1. The van der Waals surface area contributed by atoms with Crippen LogP contribution in [-0.4, -0.2) is 33.0 Å². The summed E-state index contributed by atoms with van der Waals surface area (Å²) in [4.78, 5) is 0. The van der Waals surface area contributed by atoms with Crippen molar-refractivity contribution in [3.05, 3.63) is 47.5 Å². The van der Waals surface area contributed by atoms with Gasteiger partial charge in [-0.05, 0) is 42.1 Å². The normalized spacial score (nSPS) is 17.4. The fourth-order valence-corrected chi connectivity index (χ4v) is 3.07. The van der Waals surface area contributed by atoms with Crippen molar-refractivity contribution in [3.63, 3.8) is 0 Å². The molecule has 0 bridgehead atoms. The van der Waals surface area contributed by atoms with E-state index < -0.39 is 7.12 Å². The van der Waals surface area contributed by atoms with Crippen LogP contribution in [-0.2, 0) is 4.65 Å². The lowest BCUT2D eigenvalue weighted by atomic mass is 9.79. The number of benzene rings is 2. The molecule has 1 heterocycles. The quantitative estimate of drug-likeness (QED) is 0.880. The minimum absolute atomic E-state index is 0.240. The molecule has 0 unspecified atom stereocenters. The van der Waals surface area contributed by atoms with Crippen molar-refractivity contribution in [3.8, 4) is 22.6 Å². The third-order valence-corrected chi connectivity index (χ3v) is 4.26. The molecule has 2 aromatic carbocycles. The van der Waals surface area contributed by atoms with E-state index in [0.29, 0.717) is 18.7 Å². The van der Waals surface area contributed by atoms with Gasteiger partial charge in [-0.25, -0.2) is 0 Å². The first-order valence-corrected chi connectivity index (χ1v) is 7.74. The van der Waals surface area contributed by atoms with Crippen molar-refractivity contribution >= 4 is 7.12 Å². The lowest BCUT2D eigenvalue weighted by Gasteiger charge is -2.14. The fourth-order valence-electron chi connectivity index (χ4n) is 3.07. The molecule has 0 aromatic heterocycles. The molecule has 0 aliphatic carbocycles. The molecule has 0 spiro atoms. The summed E-state index contributed by atoms with van der Waals surface area (Å²) in [7, 11) is 2.62. The summed E-state index contributed by atoms with van der Waals surface area (Å²) in [5.41, 5.74) is 4.59. The van der Waals surface area contributed by atoms with Crippen LogP contribution in [0.25, 0.3) is 11.1 Å². The van der Waals surface area contributed by atoms with Gasteiger partial charge in [0.2, 0.25) is 0 Å². The van der Waals surface area contributed by atoms with Gasteiger partial charge in [-0.2, -0.15) is 0 Å². The van der Waals surface area contributed by atoms with E-state index in [2.05, 4.69) is 25.1 Å². The number of ether oxygens (including phenoxy) is 2. The van der Waals surface area contributed by atoms with E-state index in [-0.39, 0.29) is 5.92 Å². The Bertz CT molecular complexity index is 701. The van der Waals surface area contributed by atoms with Gasteiger partial charge in [0.15, 0.2) is 11.5 Å². The standard InChI is InChI=1S/C18H21BO4/c1-12-6-14(8-15(7-12)16-10-19(20)23-11-16)13-4-5-17(21-2)18(9-13)22-3/h4-9,16,20H,10-11H2,1-3H3/t16-/m0/s1. The Morgan fingerprint density at radius 2 is 1.83 bits per heavy atom. The zero-order valence-corrected chi connectivity index (χ0v) is 13.7. The molecule has 1 aliphatic rings. The van der Waals surface area contributed by atoms with E-state index >= 15 is 0 Å². The Morgan fingerprint density at radius 3 is 2.48 bits per heavy atom. The molecule has 1 saturated heterocycles. The maximum Gasteiger partial charge on any atom is 0.454 e. The molecular formula is C18H21BO4. The van der Waals surface area contributed by atoms with Crippen molar-refractivity contribution in [1.29, 1.82) is 0 Å². The summed E-state index contributed by atoms with van der Waals surface area (Å²) in [6, 6.07) is 12.4. The molecule has 0 saturated carbocycles. The smallest absolute Gasteiger partial charge is 0.454 e. The average Bonchev–Trinajstić information content (AvgIpc) is 3.00. The minimum atomic E-state index is -0.648. The number of rotatable bonds is 4. The molecule has 1 N–H and O–H groups in total. The Labute approximate surface area is 137 Å². The van der Waals surface area contributed by atoms with Gasteiger partial charge >= 0.3 is 7.12 Å². The lowest BCUT2D eigenvalue weighted by Crippen LogP contribution is -2.07. The van der Waals surface area contributed by atoms with Crippen LogP contribution in [0.2, 0.25) is 6.32 Å². The van der Waals surface area contributed by atoms with Crippen molar-refractivity contribution in [2.75, 3.05) is 20.8 Å². The summed E-state index contributed by atoms with van der Waals surface area (Å²) in [5, 5.41) is 9.59. The summed E-state index contributed by atoms with van der Waals surface area (Å²) in [6.45, 7) is 2.65. The molecule has 23 heavy (non-hydrogen) atoms. The van der Waals surface area contributed by atoms with Gasteiger partial charge in [0.1, 0.15) is 0 Å². The largest absolute Gasteiger partial charge is 0.493 e. The Hall–Kier alpha value is -1.98. The van der Waals surface area contributed by atoms with Crippen LogP contribution >= 0.6 is 0 Å². The van der Waals surface area contributed by atoms with E-state index in [4.69, 9.17) is 14.1 Å². The molecule has 5 heteroatoms. The molecule has 3 rings (SSSR count). The first-order valence-electron chi connectivity index (χ1n) is 7.74. The summed E-state index contributed by atoms with van der Waals surface area (Å²) >= 11 is 0. The van der Waals surface area contributed by atoms with Crippen molar-refractivity contribution < 1.29 is 19.2 Å². The van der Waals surface area contributed by atoms with Crippen LogP contribution in [0.5, 0.6) is 11.5 Å². The highest BCUT2D eigenvalue weighted by Gasteiger charge is 2.29. The van der Waals surface area contributed by atoms with E-state index in [1.54, 1.807) is 14.2 Å². The number of hydrogen-bond donors (Lipinski definition) is 1. The molecular weight excluding hydrogens is 291 g/mol. The molecule has 0 amide bonds. The second-order valence-electron chi connectivity index (χ2n) is 5.92. The van der Waals surface area contributed by atoms with Gasteiger partial charge in [0.25, 0.3) is 0 Å². The van der Waals surface area contributed by atoms with Crippen LogP contribution in [0, 0.1) is 6.92 Å². The molecule has 1 atom stereocenters. The molecule has 0 radical (unpaired) electrons. The van der Waals surface area contributed by atoms with Crippen LogP contribution in [0.15, 0.2) is 36.4 Å². The van der Waals surface area contributed by atoms with E-state index in [1.807, 2.05) is 18.2 Å². The number of aryl methyl sites for hydroxylation is 1. The highest BCUT2D eigenvalue weighted by molar-refractivity contribution is 6.43. The average molecular weight is 312 g/mol. The predicted molar refractivity (Wildman–Crippen MR) is 91.2 cm³/mol. The van der Waals surface area contributed by atoms with Crippen molar-refractivity contribution in [2.45, 2.75) is 19.2 Å². The second-order valence-corrected chi connectivity index (χ2v) is 5.92. The van der Waals surface area contributed by atoms with Crippen LogP contribution in [0.1, 0.15) is 17.0 Å². The molecule has 4 nitrogen and oxygen atoms in total. The predicted octanol–water partition coefficient (Wildman–Crippen LogP) is 3.27. The second kappa shape index (κ2) is 6.65. The van der Waals surface area contributed by atoms with Crippen LogP contribution in [0.4, 0.5) is 0 Å². The highest BCUT2D eigenvalue weighted by Crippen LogP contribution is 2.35. The Balaban J connectivity index is 1.98. The van der Waals surface area contributed by atoms with Gasteiger partial charge in [0.05, 0.1) is 14.2 Å². The van der Waals surface area contributed by atoms with Gasteiger partial charge in [-0.3, -0.25) is 0 Å². The number of methoxy groups -OCH3 is 2. The molecule has 1 aliphatic heterocycles. The monoisotopic (exact) mass is 312 g/mol. The van der Waals surface area contributed by atoms with E-state index in [0.717, 1.165) is 16.9 Å². The van der Waals surface area contributed by atoms with Gasteiger partial charge < -0.3 is 19.2 Å². The van der Waals surface area contributed by atoms with E-state index in [9.17, 15) is 5.02 Å². The Morgan fingerprint density at radius 1 is 1.04 bits per heavy atom. The molecule has 2 aromatic rings. The fraction of sp³-hybridized carbons (Fsp3) is 0.333. The third-order valence-electron chi connectivity index (χ3n) is 4.26. The van der Waals surface area contributed by atoms with Crippen molar-refractivity contribution in [1.82, 2.24) is 0 Å². The first kappa shape index (κ1) is 15.9. The van der Waals surface area contributed by atoms with Crippen LogP contribution < -0.4 is 9.47 Å². The van der Waals surface area contributed by atoms with Crippen molar-refractivity contribution in [2.24, 2.45) is 0 Å². The summed E-state index contributed by atoms with van der Waals surface area (Å²) < 4.78 is 16.0. The zero-order chi connectivity index (χ0) is 16.4. The van der Waals surface area contributed by atoms with Gasteiger partial charge in [-0.15, -0.1) is 0 Å². The third kappa shape index (κ3) is 3.36. The summed E-state index contributed by atoms with van der Waals surface area (Å²) in [6.07, 6.45) is 0.648. The maximum atomic E-state index is 9.59. The summed E-state index contributed by atoms with van der Waals surface area (Å²) in [5.74, 6) is 1.67. The topological polar surface area (TPSA) is 47.9 Å².